The fourth-order valence-electron chi connectivity index (χ4n) is 1.92. The van der Waals surface area contributed by atoms with Crippen LogP contribution in [0.25, 0.3) is 0 Å². The minimum atomic E-state index is 0.547. The zero-order valence-corrected chi connectivity index (χ0v) is 14.0. The molecular weight excluding hydrogens is 324 g/mol. The quantitative estimate of drug-likeness (QED) is 0.513. The van der Waals surface area contributed by atoms with Crippen LogP contribution in [0.4, 0.5) is 10.7 Å². The SMILES string of the molecule is NC(=Nc1ccc(CN=CNc2cccs2)cc1)c1cccs1. The van der Waals surface area contributed by atoms with Crippen LogP contribution < -0.4 is 11.1 Å². The van der Waals surface area contributed by atoms with Gasteiger partial charge in [0, 0.05) is 0 Å². The molecule has 2 heterocycles. The van der Waals surface area contributed by atoms with Gasteiger partial charge < -0.3 is 11.1 Å². The predicted molar refractivity (Wildman–Crippen MR) is 101 cm³/mol. The normalized spacial score (nSPS) is 11.9. The van der Waals surface area contributed by atoms with E-state index in [9.17, 15) is 0 Å². The Morgan fingerprint density at radius 3 is 2.52 bits per heavy atom. The van der Waals surface area contributed by atoms with Crippen molar-refractivity contribution in [3.63, 3.8) is 0 Å². The van der Waals surface area contributed by atoms with Gasteiger partial charge in [-0.15, -0.1) is 22.7 Å². The minimum absolute atomic E-state index is 0.547. The van der Waals surface area contributed by atoms with Crippen molar-refractivity contribution in [1.29, 1.82) is 0 Å². The molecule has 4 nitrogen and oxygen atoms in total. The number of hydrogen-bond donors (Lipinski definition) is 2. The Balaban J connectivity index is 1.57. The van der Waals surface area contributed by atoms with E-state index in [-0.39, 0.29) is 0 Å². The van der Waals surface area contributed by atoms with Crippen LogP contribution in [-0.2, 0) is 6.54 Å². The number of aliphatic imine (C=N–C) groups is 2. The molecule has 3 N–H and O–H groups in total. The third kappa shape index (κ3) is 4.51. The summed E-state index contributed by atoms with van der Waals surface area (Å²) in [7, 11) is 0. The zero-order chi connectivity index (χ0) is 15.9. The highest BCUT2D eigenvalue weighted by molar-refractivity contribution is 7.14. The minimum Gasteiger partial charge on any atom is -0.383 e. The van der Waals surface area contributed by atoms with Crippen molar-refractivity contribution in [3.05, 3.63) is 69.7 Å². The Morgan fingerprint density at radius 1 is 1.04 bits per heavy atom. The van der Waals surface area contributed by atoms with Gasteiger partial charge in [0.05, 0.1) is 28.4 Å². The molecule has 0 atom stereocenters. The van der Waals surface area contributed by atoms with E-state index in [2.05, 4.69) is 15.3 Å². The number of nitrogens with one attached hydrogen (secondary N) is 1. The van der Waals surface area contributed by atoms with Gasteiger partial charge in [-0.3, -0.25) is 4.99 Å². The highest BCUT2D eigenvalue weighted by Crippen LogP contribution is 2.17. The number of amidine groups is 1. The van der Waals surface area contributed by atoms with E-state index in [0.29, 0.717) is 12.4 Å². The van der Waals surface area contributed by atoms with Crippen molar-refractivity contribution in [1.82, 2.24) is 0 Å². The first-order chi connectivity index (χ1) is 11.3. The molecule has 0 fully saturated rings. The van der Waals surface area contributed by atoms with Gasteiger partial charge in [0.2, 0.25) is 0 Å². The van der Waals surface area contributed by atoms with Crippen LogP contribution in [0.2, 0.25) is 0 Å². The summed E-state index contributed by atoms with van der Waals surface area (Å²) in [5, 5.41) is 8.24. The summed E-state index contributed by atoms with van der Waals surface area (Å²) in [5.41, 5.74) is 7.96. The molecule has 0 aliphatic rings. The monoisotopic (exact) mass is 340 g/mol. The standard InChI is InChI=1S/C17H16N4S2/c18-17(15-3-1-9-22-15)21-14-7-5-13(6-8-14)11-19-12-20-16-4-2-10-23-16/h1-10,12H,11H2,(H2,18,21)(H,19,20). The number of nitrogens with zero attached hydrogens (tertiary/aromatic N) is 2. The summed E-state index contributed by atoms with van der Waals surface area (Å²) in [4.78, 5) is 9.77. The summed E-state index contributed by atoms with van der Waals surface area (Å²) in [6.45, 7) is 0.628. The molecule has 0 aliphatic carbocycles. The van der Waals surface area contributed by atoms with Gasteiger partial charge in [-0.2, -0.15) is 0 Å². The molecule has 0 aliphatic heterocycles. The molecule has 0 radical (unpaired) electrons. The summed E-state index contributed by atoms with van der Waals surface area (Å²) < 4.78 is 0. The molecule has 2 aromatic heterocycles. The topological polar surface area (TPSA) is 62.8 Å². The molecule has 3 rings (SSSR count). The third-order valence-electron chi connectivity index (χ3n) is 3.05. The van der Waals surface area contributed by atoms with E-state index >= 15 is 0 Å². The fourth-order valence-corrected chi connectivity index (χ4v) is 3.12. The number of hydrogen-bond acceptors (Lipinski definition) is 4. The van der Waals surface area contributed by atoms with Crippen molar-refractivity contribution in [2.75, 3.05) is 5.32 Å². The highest BCUT2D eigenvalue weighted by Gasteiger charge is 1.99. The zero-order valence-electron chi connectivity index (χ0n) is 12.3. The highest BCUT2D eigenvalue weighted by atomic mass is 32.1. The first kappa shape index (κ1) is 15.5. The first-order valence-electron chi connectivity index (χ1n) is 7.06. The Kier molecular flexibility index (Phi) is 5.18. The van der Waals surface area contributed by atoms with E-state index in [1.54, 1.807) is 29.0 Å². The van der Waals surface area contributed by atoms with Crippen LogP contribution in [0.1, 0.15) is 10.4 Å². The molecule has 0 bridgehead atoms. The van der Waals surface area contributed by atoms with E-state index in [1.807, 2.05) is 59.3 Å². The summed E-state index contributed by atoms with van der Waals surface area (Å²) in [6, 6.07) is 15.9. The molecule has 1 aromatic carbocycles. The molecule has 6 heteroatoms. The smallest absolute Gasteiger partial charge is 0.141 e. The van der Waals surface area contributed by atoms with E-state index in [4.69, 9.17) is 5.73 Å². The van der Waals surface area contributed by atoms with Crippen LogP contribution in [0, 0.1) is 0 Å². The second-order valence-corrected chi connectivity index (χ2v) is 6.63. The molecular formula is C17H16N4S2. The Labute approximate surface area is 143 Å². The lowest BCUT2D eigenvalue weighted by atomic mass is 10.2. The van der Waals surface area contributed by atoms with Crippen molar-refractivity contribution in [2.45, 2.75) is 6.54 Å². The van der Waals surface area contributed by atoms with Gasteiger partial charge in [0.25, 0.3) is 0 Å². The fraction of sp³-hybridized carbons (Fsp3) is 0.0588. The lowest BCUT2D eigenvalue weighted by Gasteiger charge is -2.00. The van der Waals surface area contributed by atoms with Crippen LogP contribution in [0.3, 0.4) is 0 Å². The number of rotatable bonds is 6. The maximum absolute atomic E-state index is 5.98. The predicted octanol–water partition coefficient (Wildman–Crippen LogP) is 4.49. The van der Waals surface area contributed by atoms with Crippen LogP contribution >= 0.6 is 22.7 Å². The van der Waals surface area contributed by atoms with Crippen molar-refractivity contribution < 1.29 is 0 Å². The number of benzene rings is 1. The van der Waals surface area contributed by atoms with Crippen LogP contribution in [-0.4, -0.2) is 12.2 Å². The van der Waals surface area contributed by atoms with Gasteiger partial charge in [-0.1, -0.05) is 18.2 Å². The van der Waals surface area contributed by atoms with Crippen LogP contribution in [0.5, 0.6) is 0 Å². The maximum atomic E-state index is 5.98. The second-order valence-electron chi connectivity index (χ2n) is 4.73. The lowest BCUT2D eigenvalue weighted by molar-refractivity contribution is 1.08. The van der Waals surface area contributed by atoms with E-state index in [1.165, 1.54) is 0 Å². The molecule has 0 saturated carbocycles. The number of nitrogens with two attached hydrogens (primary N) is 1. The van der Waals surface area contributed by atoms with Crippen LogP contribution in [0.15, 0.2) is 69.3 Å². The van der Waals surface area contributed by atoms with Gasteiger partial charge in [-0.25, -0.2) is 4.99 Å². The number of anilines is 1. The van der Waals surface area contributed by atoms with Crippen molar-refractivity contribution in [2.24, 2.45) is 15.7 Å². The van der Waals surface area contributed by atoms with E-state index < -0.39 is 0 Å². The largest absolute Gasteiger partial charge is 0.383 e. The lowest BCUT2D eigenvalue weighted by Crippen LogP contribution is -2.10. The Bertz CT molecular complexity index is 773. The Hall–Kier alpha value is -2.44. The van der Waals surface area contributed by atoms with Gasteiger partial charge in [-0.05, 0) is 46.7 Å². The first-order valence-corrected chi connectivity index (χ1v) is 8.82. The Morgan fingerprint density at radius 2 is 1.83 bits per heavy atom. The molecule has 0 spiro atoms. The third-order valence-corrected chi connectivity index (χ3v) is 4.75. The van der Waals surface area contributed by atoms with Gasteiger partial charge in [0.1, 0.15) is 5.84 Å². The molecule has 23 heavy (non-hydrogen) atoms. The summed E-state index contributed by atoms with van der Waals surface area (Å²) >= 11 is 3.23. The van der Waals surface area contributed by atoms with Crippen molar-refractivity contribution in [3.8, 4) is 0 Å². The maximum Gasteiger partial charge on any atom is 0.141 e. The molecule has 116 valence electrons. The average molecular weight is 340 g/mol. The van der Waals surface area contributed by atoms with Gasteiger partial charge in [0.15, 0.2) is 0 Å². The summed E-state index contributed by atoms with van der Waals surface area (Å²) in [6.07, 6.45) is 1.73. The molecule has 0 amide bonds. The van der Waals surface area contributed by atoms with Crippen molar-refractivity contribution >= 4 is 45.5 Å². The molecule has 0 unspecified atom stereocenters. The van der Waals surface area contributed by atoms with E-state index in [0.717, 1.165) is 21.1 Å². The summed E-state index contributed by atoms with van der Waals surface area (Å²) in [5.74, 6) is 0.547. The van der Waals surface area contributed by atoms with Gasteiger partial charge >= 0.3 is 0 Å². The second kappa shape index (κ2) is 7.71. The molecule has 3 aromatic rings. The number of thiophene rings is 2. The average Bonchev–Trinajstić information content (AvgIpc) is 3.26. The molecule has 0 saturated heterocycles.